The second kappa shape index (κ2) is 3.05. The van der Waals surface area contributed by atoms with Crippen LogP contribution in [-0.2, 0) is 0 Å². The number of alkyl halides is 6. The summed E-state index contributed by atoms with van der Waals surface area (Å²) in [6, 6.07) is 0. The van der Waals surface area contributed by atoms with Crippen LogP contribution < -0.4 is 0 Å². The van der Waals surface area contributed by atoms with Crippen LogP contribution in [0, 0.1) is 0 Å². The summed E-state index contributed by atoms with van der Waals surface area (Å²) in [6.45, 7) is 0. The molecule has 0 heterocycles. The third kappa shape index (κ3) is 3.24. The Hall–Kier alpha value is 0.480. The van der Waals surface area contributed by atoms with Gasteiger partial charge in [0, 0.05) is 0 Å². The van der Waals surface area contributed by atoms with Gasteiger partial charge in [0.25, 0.3) is 0 Å². The van der Waals surface area contributed by atoms with Crippen LogP contribution >= 0.6 is 19.8 Å². The zero-order valence-electron chi connectivity index (χ0n) is 5.04. The third-order valence-corrected chi connectivity index (χ3v) is 3.75. The Kier molecular flexibility index (Phi) is 3.21. The van der Waals surface area contributed by atoms with Crippen molar-refractivity contribution >= 4 is 19.8 Å². The molecule has 0 aromatic carbocycles. The summed E-state index contributed by atoms with van der Waals surface area (Å²) in [6.07, 6.45) is -4.39. The molecule has 0 bridgehead atoms. The Bertz CT molecular complexity index is 90.3. The molecule has 58 valence electrons. The van der Waals surface area contributed by atoms with E-state index in [1.54, 1.807) is 0 Å². The van der Waals surface area contributed by atoms with Crippen LogP contribution in [0.5, 0.6) is 0 Å². The Labute approximate surface area is 58.6 Å². The van der Waals surface area contributed by atoms with Crippen molar-refractivity contribution in [2.75, 3.05) is 9.86 Å². The van der Waals surface area contributed by atoms with E-state index in [9.17, 15) is 13.2 Å². The zero-order chi connectivity index (χ0) is 7.65. The molecule has 0 radical (unpaired) electrons. The van der Waals surface area contributed by atoms with Gasteiger partial charge < -0.3 is 0 Å². The molecule has 0 rings (SSSR count). The molecule has 0 aliphatic heterocycles. The number of aliphatic hydroxyl groups excluding tert-OH is 1. The van der Waals surface area contributed by atoms with Crippen molar-refractivity contribution in [3.63, 3.8) is 0 Å². The average Bonchev–Trinajstić information content (AvgIpc) is 1.62. The van der Waals surface area contributed by atoms with Gasteiger partial charge in [-0.2, -0.15) is 0 Å². The SMILES string of the molecule is CI(C)C(O)C(F)(F)F. The van der Waals surface area contributed by atoms with Gasteiger partial charge in [0.1, 0.15) is 0 Å². The standard InChI is InChI=1S/C4H8F3IO/c1-8(2)3(9)4(5,6)7/h3,9H,1-2H3. The molecule has 0 saturated heterocycles. The molecule has 1 unspecified atom stereocenters. The predicted molar refractivity (Wildman–Crippen MR) is 37.9 cm³/mol. The van der Waals surface area contributed by atoms with Crippen LogP contribution in [0.4, 0.5) is 13.2 Å². The topological polar surface area (TPSA) is 20.2 Å². The third-order valence-electron chi connectivity index (χ3n) is 0.684. The van der Waals surface area contributed by atoms with E-state index in [0.29, 0.717) is 0 Å². The molecule has 0 aliphatic rings. The number of hydrogen-bond acceptors (Lipinski definition) is 1. The summed E-state index contributed by atoms with van der Waals surface area (Å²) in [7, 11) is 0. The first kappa shape index (κ1) is 9.48. The van der Waals surface area contributed by atoms with Crippen LogP contribution in [0.15, 0.2) is 0 Å². The molecule has 0 fully saturated rings. The Morgan fingerprint density at radius 1 is 1.33 bits per heavy atom. The molecule has 1 N–H and O–H groups in total. The molecule has 0 aromatic rings. The van der Waals surface area contributed by atoms with Gasteiger partial charge in [0.15, 0.2) is 0 Å². The first-order valence-electron chi connectivity index (χ1n) is 2.09. The Morgan fingerprint density at radius 3 is 1.67 bits per heavy atom. The molecule has 0 spiro atoms. The molecular formula is C4H8F3IO. The summed E-state index contributed by atoms with van der Waals surface area (Å²) < 4.78 is 32.4. The molecule has 5 heteroatoms. The molecule has 1 nitrogen and oxygen atoms in total. The quantitative estimate of drug-likeness (QED) is 0.558. The van der Waals surface area contributed by atoms with E-state index in [0.717, 1.165) is 0 Å². The molecule has 9 heavy (non-hydrogen) atoms. The van der Waals surface area contributed by atoms with E-state index in [4.69, 9.17) is 5.11 Å². The van der Waals surface area contributed by atoms with Gasteiger partial charge in [0.05, 0.1) is 0 Å². The molecular weight excluding hydrogens is 248 g/mol. The maximum absolute atomic E-state index is 11.5. The van der Waals surface area contributed by atoms with Crippen LogP contribution in [-0.4, -0.2) is 25.3 Å². The number of halogens is 4. The summed E-state index contributed by atoms with van der Waals surface area (Å²) in [5, 5.41) is 8.41. The van der Waals surface area contributed by atoms with E-state index in [1.807, 2.05) is 0 Å². The molecule has 0 saturated carbocycles. The van der Waals surface area contributed by atoms with Gasteiger partial charge in [-0.05, 0) is 0 Å². The van der Waals surface area contributed by atoms with Crippen molar-refractivity contribution in [2.24, 2.45) is 0 Å². The van der Waals surface area contributed by atoms with E-state index >= 15 is 0 Å². The van der Waals surface area contributed by atoms with Gasteiger partial charge in [-0.3, -0.25) is 0 Å². The normalized spacial score (nSPS) is 17.3. The molecule has 0 aliphatic carbocycles. The van der Waals surface area contributed by atoms with E-state index in [2.05, 4.69) is 0 Å². The number of rotatable bonds is 1. The fraction of sp³-hybridized carbons (Fsp3) is 1.00. The van der Waals surface area contributed by atoms with E-state index in [1.165, 1.54) is 9.86 Å². The molecule has 0 amide bonds. The van der Waals surface area contributed by atoms with Crippen molar-refractivity contribution in [3.8, 4) is 0 Å². The fourth-order valence-electron chi connectivity index (χ4n) is 0.247. The van der Waals surface area contributed by atoms with Crippen LogP contribution in [0.1, 0.15) is 0 Å². The summed E-state index contributed by atoms with van der Waals surface area (Å²) in [5.41, 5.74) is 0. The monoisotopic (exact) mass is 256 g/mol. The van der Waals surface area contributed by atoms with Crippen molar-refractivity contribution in [2.45, 2.75) is 10.3 Å². The van der Waals surface area contributed by atoms with Gasteiger partial charge in [-0.1, -0.05) is 0 Å². The molecule has 1 atom stereocenters. The zero-order valence-corrected chi connectivity index (χ0v) is 7.19. The molecule has 0 aromatic heterocycles. The average molecular weight is 256 g/mol. The van der Waals surface area contributed by atoms with Crippen LogP contribution in [0.25, 0.3) is 0 Å². The van der Waals surface area contributed by atoms with Gasteiger partial charge in [0.2, 0.25) is 0 Å². The van der Waals surface area contributed by atoms with E-state index < -0.39 is 30.1 Å². The van der Waals surface area contributed by atoms with Crippen molar-refractivity contribution in [1.29, 1.82) is 0 Å². The summed E-state index contributed by atoms with van der Waals surface area (Å²) in [5.74, 6) is 0. The van der Waals surface area contributed by atoms with Crippen LogP contribution in [0.3, 0.4) is 0 Å². The van der Waals surface area contributed by atoms with Gasteiger partial charge in [-0.15, -0.1) is 0 Å². The maximum atomic E-state index is 11.5. The fourth-order valence-corrected chi connectivity index (χ4v) is 1.66. The van der Waals surface area contributed by atoms with Gasteiger partial charge in [-0.25, -0.2) is 0 Å². The first-order chi connectivity index (χ1) is 3.85. The second-order valence-corrected chi connectivity index (χ2v) is 7.52. The van der Waals surface area contributed by atoms with Crippen LogP contribution in [0.2, 0.25) is 0 Å². The van der Waals surface area contributed by atoms with Crippen molar-refractivity contribution < 1.29 is 18.3 Å². The minimum atomic E-state index is -4.39. The number of aliphatic hydroxyl groups is 1. The van der Waals surface area contributed by atoms with Crippen molar-refractivity contribution in [1.82, 2.24) is 0 Å². The second-order valence-electron chi connectivity index (χ2n) is 1.69. The first-order valence-corrected chi connectivity index (χ1v) is 7.65. The number of hydrogen-bond donors (Lipinski definition) is 1. The predicted octanol–water partition coefficient (Wildman–Crippen LogP) is 1.63. The van der Waals surface area contributed by atoms with Crippen molar-refractivity contribution in [3.05, 3.63) is 0 Å². The summed E-state index contributed by atoms with van der Waals surface area (Å²) >= 11 is -2.11. The Balaban J connectivity index is 3.88. The van der Waals surface area contributed by atoms with E-state index in [-0.39, 0.29) is 0 Å². The Morgan fingerprint density at radius 2 is 1.67 bits per heavy atom. The minimum absolute atomic E-state index is 1.47. The summed E-state index contributed by atoms with van der Waals surface area (Å²) in [4.78, 5) is 2.95. The van der Waals surface area contributed by atoms with Gasteiger partial charge >= 0.3 is 58.2 Å².